The molecule has 0 heterocycles. The smallest absolute Gasteiger partial charge is 0.276 e. The molecule has 2 aromatic carbocycles. The van der Waals surface area contributed by atoms with Gasteiger partial charge in [-0.05, 0) is 30.3 Å². The van der Waals surface area contributed by atoms with Crippen molar-refractivity contribution in [3.05, 3.63) is 59.1 Å². The number of amides is 2. The van der Waals surface area contributed by atoms with Crippen LogP contribution in [0.2, 0.25) is 5.02 Å². The number of rotatable bonds is 4. The number of ether oxygens (including phenoxy) is 1. The monoisotopic (exact) mass is 320 g/mol. The largest absolute Gasteiger partial charge is 0.504 e. The summed E-state index contributed by atoms with van der Waals surface area (Å²) in [5.41, 5.74) is 4.75. The molecule has 0 unspecified atom stereocenters. The van der Waals surface area contributed by atoms with E-state index in [0.717, 1.165) is 0 Å². The van der Waals surface area contributed by atoms with Gasteiger partial charge in [-0.1, -0.05) is 29.8 Å². The minimum Gasteiger partial charge on any atom is -0.504 e. The molecule has 22 heavy (non-hydrogen) atoms. The van der Waals surface area contributed by atoms with E-state index >= 15 is 0 Å². The molecule has 6 nitrogen and oxygen atoms in total. The van der Waals surface area contributed by atoms with Crippen LogP contribution in [0.3, 0.4) is 0 Å². The van der Waals surface area contributed by atoms with Crippen molar-refractivity contribution in [1.82, 2.24) is 10.9 Å². The second-order valence-electron chi connectivity index (χ2n) is 4.27. The topological polar surface area (TPSA) is 87.7 Å². The lowest BCUT2D eigenvalue weighted by atomic mass is 10.2. The second kappa shape index (κ2) is 7.33. The van der Waals surface area contributed by atoms with Crippen molar-refractivity contribution >= 4 is 23.4 Å². The van der Waals surface area contributed by atoms with Crippen LogP contribution in [0.1, 0.15) is 10.4 Å². The Balaban J connectivity index is 1.81. The van der Waals surface area contributed by atoms with Crippen LogP contribution >= 0.6 is 11.6 Å². The highest BCUT2D eigenvalue weighted by Gasteiger charge is 2.09. The summed E-state index contributed by atoms with van der Waals surface area (Å²) in [4.78, 5) is 23.3. The van der Waals surface area contributed by atoms with Crippen LogP contribution in [0.4, 0.5) is 0 Å². The fourth-order valence-electron chi connectivity index (χ4n) is 1.59. The fourth-order valence-corrected chi connectivity index (χ4v) is 1.78. The molecule has 0 bridgehead atoms. The van der Waals surface area contributed by atoms with Crippen LogP contribution in [0.25, 0.3) is 0 Å². The Morgan fingerprint density at radius 3 is 2.59 bits per heavy atom. The Hall–Kier alpha value is -2.73. The summed E-state index contributed by atoms with van der Waals surface area (Å²) in [6, 6.07) is 12.5. The highest BCUT2D eigenvalue weighted by molar-refractivity contribution is 6.30. The number of phenolic OH excluding ortho intramolecular Hbond substituents is 1. The van der Waals surface area contributed by atoms with Crippen LogP contribution < -0.4 is 15.6 Å². The number of hydrazine groups is 1. The SMILES string of the molecule is O=C(COc1ccccc1O)NNC(=O)c1cccc(Cl)c1. The molecule has 0 radical (unpaired) electrons. The fraction of sp³-hybridized carbons (Fsp3) is 0.0667. The van der Waals surface area contributed by atoms with Gasteiger partial charge in [0.2, 0.25) is 0 Å². The van der Waals surface area contributed by atoms with Crippen LogP contribution in [-0.2, 0) is 4.79 Å². The molecule has 0 aliphatic carbocycles. The van der Waals surface area contributed by atoms with Gasteiger partial charge in [-0.2, -0.15) is 0 Å². The number of halogens is 1. The number of aromatic hydroxyl groups is 1. The van der Waals surface area contributed by atoms with Crippen molar-refractivity contribution in [2.24, 2.45) is 0 Å². The third-order valence-corrected chi connectivity index (χ3v) is 2.86. The van der Waals surface area contributed by atoms with Crippen LogP contribution in [-0.4, -0.2) is 23.5 Å². The van der Waals surface area contributed by atoms with E-state index in [1.807, 2.05) is 0 Å². The molecule has 0 aromatic heterocycles. The number of carbonyl (C=O) groups is 2. The van der Waals surface area contributed by atoms with E-state index in [4.69, 9.17) is 16.3 Å². The zero-order chi connectivity index (χ0) is 15.9. The first-order valence-corrected chi connectivity index (χ1v) is 6.69. The average molecular weight is 321 g/mol. The Morgan fingerprint density at radius 1 is 1.09 bits per heavy atom. The predicted molar refractivity (Wildman–Crippen MR) is 80.7 cm³/mol. The molecule has 0 spiro atoms. The molecule has 114 valence electrons. The van der Waals surface area contributed by atoms with Crippen LogP contribution in [0.15, 0.2) is 48.5 Å². The van der Waals surface area contributed by atoms with E-state index < -0.39 is 11.8 Å². The van der Waals surface area contributed by atoms with Gasteiger partial charge in [0.15, 0.2) is 18.1 Å². The van der Waals surface area contributed by atoms with Crippen molar-refractivity contribution < 1.29 is 19.4 Å². The molecular formula is C15H13ClN2O4. The zero-order valence-electron chi connectivity index (χ0n) is 11.4. The molecule has 7 heteroatoms. The molecular weight excluding hydrogens is 308 g/mol. The molecule has 0 atom stereocenters. The van der Waals surface area contributed by atoms with E-state index in [2.05, 4.69) is 10.9 Å². The number of nitrogens with one attached hydrogen (secondary N) is 2. The molecule has 0 aliphatic heterocycles. The van der Waals surface area contributed by atoms with E-state index in [1.54, 1.807) is 30.3 Å². The summed E-state index contributed by atoms with van der Waals surface area (Å²) in [6.45, 7) is -0.354. The van der Waals surface area contributed by atoms with Crippen molar-refractivity contribution in [2.75, 3.05) is 6.61 Å². The van der Waals surface area contributed by atoms with Gasteiger partial charge in [0, 0.05) is 10.6 Å². The van der Waals surface area contributed by atoms with E-state index in [1.165, 1.54) is 18.2 Å². The predicted octanol–water partition coefficient (Wildman–Crippen LogP) is 1.89. The first-order chi connectivity index (χ1) is 10.6. The molecule has 0 saturated heterocycles. The summed E-state index contributed by atoms with van der Waals surface area (Å²) in [5.74, 6) is -0.964. The maximum atomic E-state index is 11.8. The van der Waals surface area contributed by atoms with Gasteiger partial charge in [0.25, 0.3) is 11.8 Å². The highest BCUT2D eigenvalue weighted by atomic mass is 35.5. The lowest BCUT2D eigenvalue weighted by Gasteiger charge is -2.09. The van der Waals surface area contributed by atoms with Gasteiger partial charge in [-0.15, -0.1) is 0 Å². The molecule has 2 amide bonds. The van der Waals surface area contributed by atoms with Crippen LogP contribution in [0.5, 0.6) is 11.5 Å². The average Bonchev–Trinajstić information content (AvgIpc) is 2.52. The normalized spacial score (nSPS) is 9.86. The minimum absolute atomic E-state index is 0.0711. The summed E-state index contributed by atoms with van der Waals surface area (Å²) in [7, 11) is 0. The van der Waals surface area contributed by atoms with Crippen molar-refractivity contribution in [2.45, 2.75) is 0 Å². The van der Waals surface area contributed by atoms with Crippen molar-refractivity contribution in [3.63, 3.8) is 0 Å². The molecule has 0 saturated carbocycles. The zero-order valence-corrected chi connectivity index (χ0v) is 12.1. The molecule has 3 N–H and O–H groups in total. The Kier molecular flexibility index (Phi) is 5.21. The summed E-state index contributed by atoms with van der Waals surface area (Å²) in [6.07, 6.45) is 0. The number of hydrogen-bond donors (Lipinski definition) is 3. The Labute approximate surface area is 131 Å². The lowest BCUT2D eigenvalue weighted by Crippen LogP contribution is -2.43. The second-order valence-corrected chi connectivity index (χ2v) is 4.71. The minimum atomic E-state index is -0.571. The van der Waals surface area contributed by atoms with Crippen molar-refractivity contribution in [3.8, 4) is 11.5 Å². The van der Waals surface area contributed by atoms with E-state index in [0.29, 0.717) is 10.6 Å². The first kappa shape index (κ1) is 15.7. The number of hydrogen-bond acceptors (Lipinski definition) is 4. The van der Waals surface area contributed by atoms with Gasteiger partial charge < -0.3 is 9.84 Å². The summed E-state index contributed by atoms with van der Waals surface area (Å²) >= 11 is 5.77. The maximum absolute atomic E-state index is 11.8. The van der Waals surface area contributed by atoms with E-state index in [9.17, 15) is 14.7 Å². The molecule has 2 rings (SSSR count). The standard InChI is InChI=1S/C15H13ClN2O4/c16-11-5-3-4-10(8-11)15(21)18-17-14(20)9-22-13-7-2-1-6-12(13)19/h1-8,19H,9H2,(H,17,20)(H,18,21). The quantitative estimate of drug-likeness (QED) is 0.751. The summed E-state index contributed by atoms with van der Waals surface area (Å²) < 4.78 is 5.12. The van der Waals surface area contributed by atoms with Gasteiger partial charge in [-0.25, -0.2) is 0 Å². The number of para-hydroxylation sites is 2. The lowest BCUT2D eigenvalue weighted by molar-refractivity contribution is -0.123. The third kappa shape index (κ3) is 4.39. The number of benzene rings is 2. The Bertz CT molecular complexity index is 691. The summed E-state index contributed by atoms with van der Waals surface area (Å²) in [5, 5.41) is 9.90. The van der Waals surface area contributed by atoms with Gasteiger partial charge in [0.05, 0.1) is 0 Å². The molecule has 0 fully saturated rings. The maximum Gasteiger partial charge on any atom is 0.276 e. The highest BCUT2D eigenvalue weighted by Crippen LogP contribution is 2.23. The Morgan fingerprint density at radius 2 is 1.86 bits per heavy atom. The van der Waals surface area contributed by atoms with Gasteiger partial charge >= 0.3 is 0 Å². The third-order valence-electron chi connectivity index (χ3n) is 2.63. The first-order valence-electron chi connectivity index (χ1n) is 6.32. The molecule has 2 aromatic rings. The molecule has 0 aliphatic rings. The van der Waals surface area contributed by atoms with E-state index in [-0.39, 0.29) is 18.1 Å². The number of carbonyl (C=O) groups excluding carboxylic acids is 2. The van der Waals surface area contributed by atoms with Crippen LogP contribution in [0, 0.1) is 0 Å². The van der Waals surface area contributed by atoms with Gasteiger partial charge in [0.1, 0.15) is 0 Å². The van der Waals surface area contributed by atoms with Crippen molar-refractivity contribution in [1.29, 1.82) is 0 Å². The van der Waals surface area contributed by atoms with Gasteiger partial charge in [-0.3, -0.25) is 20.4 Å². The number of phenols is 1.